The SMILES string of the molecule is O=C(Cn1cc(C(=O)O)nn1)NC1CCCCCC1O. The summed E-state index contributed by atoms with van der Waals surface area (Å²) in [4.78, 5) is 22.5. The first-order chi connectivity index (χ1) is 9.56. The first-order valence-electron chi connectivity index (χ1n) is 6.67. The number of aromatic nitrogens is 3. The molecule has 1 saturated carbocycles. The molecule has 1 heterocycles. The van der Waals surface area contributed by atoms with E-state index in [4.69, 9.17) is 5.11 Å². The number of carboxylic acid groups (broad SMARTS) is 1. The van der Waals surface area contributed by atoms with Crippen molar-refractivity contribution in [2.75, 3.05) is 0 Å². The predicted molar refractivity (Wildman–Crippen MR) is 68.0 cm³/mol. The Morgan fingerprint density at radius 3 is 2.80 bits per heavy atom. The van der Waals surface area contributed by atoms with Crippen molar-refractivity contribution in [3.05, 3.63) is 11.9 Å². The highest BCUT2D eigenvalue weighted by molar-refractivity contribution is 5.84. The molecule has 2 atom stereocenters. The maximum absolute atomic E-state index is 11.9. The van der Waals surface area contributed by atoms with Crippen molar-refractivity contribution in [1.82, 2.24) is 20.3 Å². The van der Waals surface area contributed by atoms with Crippen molar-refractivity contribution in [1.29, 1.82) is 0 Å². The summed E-state index contributed by atoms with van der Waals surface area (Å²) in [6, 6.07) is -0.243. The van der Waals surface area contributed by atoms with Crippen molar-refractivity contribution in [3.8, 4) is 0 Å². The fourth-order valence-corrected chi connectivity index (χ4v) is 2.33. The van der Waals surface area contributed by atoms with E-state index in [1.165, 1.54) is 10.9 Å². The number of aliphatic hydroxyl groups is 1. The van der Waals surface area contributed by atoms with Crippen LogP contribution in [-0.2, 0) is 11.3 Å². The number of nitrogens with one attached hydrogen (secondary N) is 1. The van der Waals surface area contributed by atoms with Crippen LogP contribution in [0.25, 0.3) is 0 Å². The monoisotopic (exact) mass is 282 g/mol. The van der Waals surface area contributed by atoms with Gasteiger partial charge in [-0.3, -0.25) is 4.79 Å². The van der Waals surface area contributed by atoms with Crippen LogP contribution in [0, 0.1) is 0 Å². The van der Waals surface area contributed by atoms with Crippen LogP contribution in [0.3, 0.4) is 0 Å². The van der Waals surface area contributed by atoms with Gasteiger partial charge >= 0.3 is 5.97 Å². The van der Waals surface area contributed by atoms with Crippen LogP contribution in [0.1, 0.15) is 42.6 Å². The normalized spacial score (nSPS) is 23.1. The Morgan fingerprint density at radius 1 is 1.35 bits per heavy atom. The van der Waals surface area contributed by atoms with E-state index in [0.29, 0.717) is 6.42 Å². The van der Waals surface area contributed by atoms with Gasteiger partial charge in [0.1, 0.15) is 6.54 Å². The van der Waals surface area contributed by atoms with Crippen molar-refractivity contribution in [2.45, 2.75) is 50.8 Å². The number of rotatable bonds is 4. The van der Waals surface area contributed by atoms with E-state index in [-0.39, 0.29) is 24.2 Å². The fraction of sp³-hybridized carbons (Fsp3) is 0.667. The maximum atomic E-state index is 11.9. The predicted octanol–water partition coefficient (Wildman–Crippen LogP) is -0.214. The van der Waals surface area contributed by atoms with E-state index >= 15 is 0 Å². The molecule has 8 heteroatoms. The van der Waals surface area contributed by atoms with E-state index < -0.39 is 12.1 Å². The van der Waals surface area contributed by atoms with Crippen LogP contribution in [0.5, 0.6) is 0 Å². The number of nitrogens with zero attached hydrogens (tertiary/aromatic N) is 3. The van der Waals surface area contributed by atoms with Gasteiger partial charge in [0.05, 0.1) is 18.3 Å². The molecule has 3 N–H and O–H groups in total. The molecule has 1 aliphatic rings. The van der Waals surface area contributed by atoms with E-state index in [1.54, 1.807) is 0 Å². The Kier molecular flexibility index (Phi) is 4.67. The summed E-state index contributed by atoms with van der Waals surface area (Å²) in [6.07, 6.45) is 5.14. The van der Waals surface area contributed by atoms with Gasteiger partial charge in [-0.15, -0.1) is 5.10 Å². The van der Waals surface area contributed by atoms with Crippen molar-refractivity contribution in [3.63, 3.8) is 0 Å². The highest BCUT2D eigenvalue weighted by Gasteiger charge is 2.23. The van der Waals surface area contributed by atoms with Gasteiger partial charge in [-0.1, -0.05) is 24.5 Å². The number of carboxylic acids is 1. The second-order valence-electron chi connectivity index (χ2n) is 4.99. The molecule has 2 unspecified atom stereocenters. The van der Waals surface area contributed by atoms with Gasteiger partial charge in [0.15, 0.2) is 5.69 Å². The third-order valence-corrected chi connectivity index (χ3v) is 3.39. The molecule has 1 aromatic rings. The lowest BCUT2D eigenvalue weighted by Crippen LogP contribution is -2.44. The Morgan fingerprint density at radius 2 is 2.10 bits per heavy atom. The molecule has 20 heavy (non-hydrogen) atoms. The lowest BCUT2D eigenvalue weighted by atomic mass is 10.1. The van der Waals surface area contributed by atoms with E-state index in [1.807, 2.05) is 0 Å². The summed E-state index contributed by atoms with van der Waals surface area (Å²) < 4.78 is 1.17. The molecule has 0 spiro atoms. The van der Waals surface area contributed by atoms with E-state index in [9.17, 15) is 14.7 Å². The molecule has 8 nitrogen and oxygen atoms in total. The molecule has 0 saturated heterocycles. The van der Waals surface area contributed by atoms with Gasteiger partial charge in [-0.25, -0.2) is 9.48 Å². The standard InChI is InChI=1S/C12H18N4O4/c17-10-5-3-1-2-4-8(10)13-11(18)7-16-6-9(12(19)20)14-15-16/h6,8,10,17H,1-5,7H2,(H,13,18)(H,19,20). The molecule has 1 aromatic heterocycles. The van der Waals surface area contributed by atoms with Gasteiger partial charge in [-0.05, 0) is 12.8 Å². The topological polar surface area (TPSA) is 117 Å². The molecule has 0 radical (unpaired) electrons. The number of aliphatic hydroxyl groups excluding tert-OH is 1. The molecule has 0 bridgehead atoms. The second-order valence-corrected chi connectivity index (χ2v) is 4.99. The van der Waals surface area contributed by atoms with Gasteiger partial charge in [0, 0.05) is 0 Å². The molecular weight excluding hydrogens is 264 g/mol. The highest BCUT2D eigenvalue weighted by Crippen LogP contribution is 2.17. The van der Waals surface area contributed by atoms with Crippen molar-refractivity contribution < 1.29 is 19.8 Å². The number of hydrogen-bond donors (Lipinski definition) is 3. The summed E-state index contributed by atoms with van der Waals surface area (Å²) >= 11 is 0. The van der Waals surface area contributed by atoms with Gasteiger partial charge in [0.25, 0.3) is 0 Å². The largest absolute Gasteiger partial charge is 0.476 e. The molecule has 2 rings (SSSR count). The second kappa shape index (κ2) is 6.47. The van der Waals surface area contributed by atoms with Crippen LogP contribution in [0.15, 0.2) is 6.20 Å². The van der Waals surface area contributed by atoms with Crippen molar-refractivity contribution in [2.24, 2.45) is 0 Å². The Hall–Kier alpha value is -1.96. The zero-order valence-corrected chi connectivity index (χ0v) is 11.0. The third kappa shape index (κ3) is 3.77. The highest BCUT2D eigenvalue weighted by atomic mass is 16.4. The van der Waals surface area contributed by atoms with Crippen LogP contribution >= 0.6 is 0 Å². The Labute approximate surface area is 115 Å². The lowest BCUT2D eigenvalue weighted by Gasteiger charge is -2.21. The molecular formula is C12H18N4O4. The quantitative estimate of drug-likeness (QED) is 0.657. The summed E-state index contributed by atoms with van der Waals surface area (Å²) in [5, 5.41) is 28.4. The smallest absolute Gasteiger partial charge is 0.358 e. The molecule has 0 aliphatic heterocycles. The van der Waals surface area contributed by atoms with Crippen molar-refractivity contribution >= 4 is 11.9 Å². The fourth-order valence-electron chi connectivity index (χ4n) is 2.33. The summed E-state index contributed by atoms with van der Waals surface area (Å²) in [7, 11) is 0. The Bertz CT molecular complexity index is 488. The van der Waals surface area contributed by atoms with Gasteiger partial charge < -0.3 is 15.5 Å². The van der Waals surface area contributed by atoms with Gasteiger partial charge in [-0.2, -0.15) is 0 Å². The molecule has 1 aliphatic carbocycles. The number of hydrogen-bond acceptors (Lipinski definition) is 5. The average molecular weight is 282 g/mol. The molecule has 1 fully saturated rings. The molecule has 110 valence electrons. The number of amides is 1. The summed E-state index contributed by atoms with van der Waals surface area (Å²) in [5.41, 5.74) is -0.202. The molecule has 1 amide bonds. The van der Waals surface area contributed by atoms with Crippen LogP contribution in [-0.4, -0.2) is 49.2 Å². The number of carbonyl (C=O) groups excluding carboxylic acids is 1. The first kappa shape index (κ1) is 14.4. The van der Waals surface area contributed by atoms with Crippen LogP contribution in [0.4, 0.5) is 0 Å². The average Bonchev–Trinajstić information content (AvgIpc) is 2.76. The van der Waals surface area contributed by atoms with Crippen LogP contribution in [0.2, 0.25) is 0 Å². The minimum Gasteiger partial charge on any atom is -0.476 e. The number of aromatic carboxylic acids is 1. The minimum atomic E-state index is -1.18. The molecule has 0 aromatic carbocycles. The maximum Gasteiger partial charge on any atom is 0.358 e. The van der Waals surface area contributed by atoms with Crippen LogP contribution < -0.4 is 5.32 Å². The Balaban J connectivity index is 1.89. The zero-order chi connectivity index (χ0) is 14.5. The van der Waals surface area contributed by atoms with Gasteiger partial charge in [0.2, 0.25) is 5.91 Å². The van der Waals surface area contributed by atoms with E-state index in [0.717, 1.165) is 25.7 Å². The first-order valence-corrected chi connectivity index (χ1v) is 6.67. The lowest BCUT2D eigenvalue weighted by molar-refractivity contribution is -0.123. The number of carbonyl (C=O) groups is 2. The zero-order valence-electron chi connectivity index (χ0n) is 11.0. The minimum absolute atomic E-state index is 0.108. The van der Waals surface area contributed by atoms with E-state index in [2.05, 4.69) is 15.6 Å². The summed E-state index contributed by atoms with van der Waals surface area (Å²) in [5.74, 6) is -1.49. The summed E-state index contributed by atoms with van der Waals surface area (Å²) in [6.45, 7) is -0.108. The third-order valence-electron chi connectivity index (χ3n) is 3.39.